The van der Waals surface area contributed by atoms with Crippen molar-refractivity contribution in [3.05, 3.63) is 12.7 Å². The van der Waals surface area contributed by atoms with Gasteiger partial charge in [0.15, 0.2) is 0 Å². The van der Waals surface area contributed by atoms with Gasteiger partial charge in [0.05, 0.1) is 0 Å². The van der Waals surface area contributed by atoms with E-state index in [2.05, 4.69) is 6.58 Å². The van der Waals surface area contributed by atoms with Crippen LogP contribution in [-0.4, -0.2) is 58.4 Å². The van der Waals surface area contributed by atoms with Crippen LogP contribution in [0.5, 0.6) is 0 Å². The van der Waals surface area contributed by atoms with Crippen LogP contribution < -0.4 is 0 Å². The molecule has 6 heteroatoms. The fourth-order valence-corrected chi connectivity index (χ4v) is 2.30. The lowest BCUT2D eigenvalue weighted by molar-refractivity contribution is -0.158. The van der Waals surface area contributed by atoms with E-state index in [1.807, 2.05) is 0 Å². The van der Waals surface area contributed by atoms with Crippen molar-refractivity contribution >= 4 is 17.8 Å². The molecule has 0 aromatic rings. The number of hydrogen-bond donors (Lipinski definition) is 1. The second kappa shape index (κ2) is 5.86. The molecule has 0 aromatic carbocycles. The first kappa shape index (κ1) is 15.2. The lowest BCUT2D eigenvalue weighted by Gasteiger charge is -2.42. The van der Waals surface area contributed by atoms with Gasteiger partial charge in [-0.15, -0.1) is 0 Å². The van der Waals surface area contributed by atoms with E-state index < -0.39 is 18.1 Å². The average Bonchev–Trinajstić information content (AvgIpc) is 2.25. The standard InChI is InChI=1S/C13H20N2O4/c1-5-10(16)15-7-6-9(15)12(17)14(4)11(8(2)3)13(18)19/h5,8-9,11H,1,6-7H2,2-4H3,(H,18,19)/t9-,11?/m1/s1. The fraction of sp³-hybridized carbons (Fsp3) is 0.615. The van der Waals surface area contributed by atoms with Crippen LogP contribution in [0.2, 0.25) is 0 Å². The SMILES string of the molecule is C=CC(=O)N1CC[C@@H]1C(=O)N(C)C(C(=O)O)C(C)C. The van der Waals surface area contributed by atoms with E-state index in [9.17, 15) is 14.4 Å². The molecule has 1 aliphatic heterocycles. The molecule has 1 saturated heterocycles. The number of likely N-dealkylation sites (N-methyl/N-ethyl adjacent to an activating group) is 1. The highest BCUT2D eigenvalue weighted by Gasteiger charge is 2.41. The van der Waals surface area contributed by atoms with E-state index in [1.165, 1.54) is 16.8 Å². The molecule has 0 radical (unpaired) electrons. The Balaban J connectivity index is 2.79. The molecule has 2 amide bonds. The number of nitrogens with zero attached hydrogens (tertiary/aromatic N) is 2. The van der Waals surface area contributed by atoms with Crippen LogP contribution in [0.3, 0.4) is 0 Å². The third-order valence-corrected chi connectivity index (χ3v) is 3.41. The summed E-state index contributed by atoms with van der Waals surface area (Å²) in [5.41, 5.74) is 0. The molecule has 1 fully saturated rings. The summed E-state index contributed by atoms with van der Waals surface area (Å²) in [5.74, 6) is -1.86. The topological polar surface area (TPSA) is 77.9 Å². The lowest BCUT2D eigenvalue weighted by Crippen LogP contribution is -2.60. The van der Waals surface area contributed by atoms with E-state index >= 15 is 0 Å². The molecule has 0 saturated carbocycles. The Hall–Kier alpha value is -1.85. The number of carboxylic acid groups (broad SMARTS) is 1. The molecule has 1 rings (SSSR count). The van der Waals surface area contributed by atoms with Crippen molar-refractivity contribution in [3.63, 3.8) is 0 Å². The Morgan fingerprint density at radius 3 is 2.32 bits per heavy atom. The Morgan fingerprint density at radius 2 is 2.00 bits per heavy atom. The molecule has 0 bridgehead atoms. The van der Waals surface area contributed by atoms with Gasteiger partial charge in [-0.1, -0.05) is 20.4 Å². The molecule has 0 aliphatic carbocycles. The van der Waals surface area contributed by atoms with Gasteiger partial charge in [-0.05, 0) is 18.4 Å². The summed E-state index contributed by atoms with van der Waals surface area (Å²) in [6.07, 6.45) is 1.73. The molecule has 2 atom stereocenters. The van der Waals surface area contributed by atoms with E-state index in [0.29, 0.717) is 13.0 Å². The van der Waals surface area contributed by atoms with Crippen molar-refractivity contribution in [2.24, 2.45) is 5.92 Å². The number of carboxylic acids is 1. The minimum atomic E-state index is -1.04. The predicted molar refractivity (Wildman–Crippen MR) is 69.3 cm³/mol. The van der Waals surface area contributed by atoms with Gasteiger partial charge in [0, 0.05) is 13.6 Å². The van der Waals surface area contributed by atoms with Gasteiger partial charge in [0.25, 0.3) is 0 Å². The van der Waals surface area contributed by atoms with E-state index in [-0.39, 0.29) is 17.7 Å². The van der Waals surface area contributed by atoms with Gasteiger partial charge in [-0.3, -0.25) is 9.59 Å². The summed E-state index contributed by atoms with van der Waals surface area (Å²) in [6.45, 7) is 7.38. The van der Waals surface area contributed by atoms with Crippen molar-refractivity contribution in [1.29, 1.82) is 0 Å². The maximum Gasteiger partial charge on any atom is 0.326 e. The summed E-state index contributed by atoms with van der Waals surface area (Å²) >= 11 is 0. The number of amides is 2. The lowest BCUT2D eigenvalue weighted by atomic mass is 9.98. The highest BCUT2D eigenvalue weighted by Crippen LogP contribution is 2.22. The zero-order chi connectivity index (χ0) is 14.7. The first-order valence-corrected chi connectivity index (χ1v) is 6.23. The third kappa shape index (κ3) is 2.94. The molecular formula is C13H20N2O4. The molecule has 6 nitrogen and oxygen atoms in total. The monoisotopic (exact) mass is 268 g/mol. The zero-order valence-electron chi connectivity index (χ0n) is 11.5. The molecule has 1 N–H and O–H groups in total. The molecule has 0 spiro atoms. The third-order valence-electron chi connectivity index (χ3n) is 3.41. The van der Waals surface area contributed by atoms with Crippen LogP contribution >= 0.6 is 0 Å². The molecule has 106 valence electrons. The summed E-state index contributed by atoms with van der Waals surface area (Å²) in [7, 11) is 1.47. The quantitative estimate of drug-likeness (QED) is 0.729. The van der Waals surface area contributed by atoms with Crippen LogP contribution in [0.1, 0.15) is 20.3 Å². The summed E-state index contributed by atoms with van der Waals surface area (Å²) in [6, 6.07) is -1.44. The minimum absolute atomic E-state index is 0.199. The second-order valence-electron chi connectivity index (χ2n) is 5.02. The Morgan fingerprint density at radius 1 is 1.42 bits per heavy atom. The highest BCUT2D eigenvalue weighted by atomic mass is 16.4. The van der Waals surface area contributed by atoms with Gasteiger partial charge >= 0.3 is 5.97 Å². The normalized spacial score (nSPS) is 19.6. The highest BCUT2D eigenvalue weighted by molar-refractivity contribution is 5.95. The Labute approximate surface area is 112 Å². The Kier molecular flexibility index (Phi) is 4.69. The number of aliphatic carboxylic acids is 1. The maximum atomic E-state index is 12.2. The van der Waals surface area contributed by atoms with Gasteiger partial charge in [-0.2, -0.15) is 0 Å². The van der Waals surface area contributed by atoms with Gasteiger partial charge < -0.3 is 14.9 Å². The first-order valence-electron chi connectivity index (χ1n) is 6.23. The summed E-state index contributed by atoms with van der Waals surface area (Å²) in [4.78, 5) is 37.6. The van der Waals surface area contributed by atoms with Crippen molar-refractivity contribution in [1.82, 2.24) is 9.80 Å². The number of likely N-dealkylation sites (tertiary alicyclic amines) is 1. The van der Waals surface area contributed by atoms with Crippen LogP contribution in [0.15, 0.2) is 12.7 Å². The van der Waals surface area contributed by atoms with Crippen LogP contribution in [-0.2, 0) is 14.4 Å². The molecule has 1 unspecified atom stereocenters. The predicted octanol–water partition coefficient (Wildman–Crippen LogP) is 0.341. The van der Waals surface area contributed by atoms with Gasteiger partial charge in [0.1, 0.15) is 12.1 Å². The molecular weight excluding hydrogens is 248 g/mol. The van der Waals surface area contributed by atoms with Crippen LogP contribution in [0, 0.1) is 5.92 Å². The summed E-state index contributed by atoms with van der Waals surface area (Å²) in [5, 5.41) is 9.17. The smallest absolute Gasteiger partial charge is 0.326 e. The van der Waals surface area contributed by atoms with Gasteiger partial charge in [0.2, 0.25) is 11.8 Å². The van der Waals surface area contributed by atoms with E-state index in [4.69, 9.17) is 5.11 Å². The number of carbonyl (C=O) groups is 3. The average molecular weight is 268 g/mol. The van der Waals surface area contributed by atoms with Crippen LogP contribution in [0.25, 0.3) is 0 Å². The van der Waals surface area contributed by atoms with Crippen molar-refractivity contribution in [3.8, 4) is 0 Å². The molecule has 0 aromatic heterocycles. The van der Waals surface area contributed by atoms with Crippen molar-refractivity contribution in [2.75, 3.05) is 13.6 Å². The van der Waals surface area contributed by atoms with Crippen molar-refractivity contribution < 1.29 is 19.5 Å². The second-order valence-corrected chi connectivity index (χ2v) is 5.02. The first-order chi connectivity index (χ1) is 8.81. The number of rotatable bonds is 5. The molecule has 1 aliphatic rings. The maximum absolute atomic E-state index is 12.2. The number of hydrogen-bond acceptors (Lipinski definition) is 3. The Bertz CT molecular complexity index is 405. The van der Waals surface area contributed by atoms with Gasteiger partial charge in [-0.25, -0.2) is 4.79 Å². The zero-order valence-corrected chi connectivity index (χ0v) is 11.5. The van der Waals surface area contributed by atoms with E-state index in [1.54, 1.807) is 13.8 Å². The fourth-order valence-electron chi connectivity index (χ4n) is 2.30. The largest absolute Gasteiger partial charge is 0.480 e. The molecule has 19 heavy (non-hydrogen) atoms. The van der Waals surface area contributed by atoms with E-state index in [0.717, 1.165) is 6.08 Å². The van der Waals surface area contributed by atoms with Crippen molar-refractivity contribution in [2.45, 2.75) is 32.4 Å². The molecule has 1 heterocycles. The van der Waals surface area contributed by atoms with Crippen LogP contribution in [0.4, 0.5) is 0 Å². The number of carbonyl (C=O) groups excluding carboxylic acids is 2. The minimum Gasteiger partial charge on any atom is -0.480 e. The summed E-state index contributed by atoms with van der Waals surface area (Å²) < 4.78 is 0.